The fraction of sp³-hybridized carbons (Fsp3) is 1.00. The quantitative estimate of drug-likeness (QED) is 0.474. The van der Waals surface area contributed by atoms with Crippen molar-refractivity contribution in [1.29, 1.82) is 0 Å². The number of nitrogens with zero attached hydrogens (tertiary/aromatic N) is 1. The second-order valence-corrected chi connectivity index (χ2v) is 3.10. The Balaban J connectivity index is 2.06. The Morgan fingerprint density at radius 1 is 1.44 bits per heavy atom. The molecule has 0 aromatic rings. The van der Waals surface area contributed by atoms with Crippen LogP contribution in [0.4, 0.5) is 0 Å². The van der Waals surface area contributed by atoms with Crippen LogP contribution < -0.4 is 0 Å². The summed E-state index contributed by atoms with van der Waals surface area (Å²) in [5.74, 6) is 0.757. The van der Waals surface area contributed by atoms with Gasteiger partial charge in [0.15, 0.2) is 0 Å². The number of fused-ring (bicyclic) bond motifs is 1. The van der Waals surface area contributed by atoms with E-state index in [1.54, 1.807) is 0 Å². The maximum atomic E-state index is 5.46. The third-order valence-electron chi connectivity index (χ3n) is 2.70. The molecule has 0 aromatic carbocycles. The zero-order chi connectivity index (χ0) is 6.43. The normalized spacial score (nSPS) is 50.7. The topological polar surface area (TPSA) is 12.5 Å². The third-order valence-corrected chi connectivity index (χ3v) is 2.70. The highest BCUT2D eigenvalue weighted by Crippen LogP contribution is 2.35. The molecule has 2 saturated heterocycles. The molecule has 2 heteroatoms. The Kier molecular flexibility index (Phi) is 1.08. The summed E-state index contributed by atoms with van der Waals surface area (Å²) < 4.78 is 5.46. The molecule has 0 aliphatic carbocycles. The largest absolute Gasteiger partial charge is 0.361 e. The van der Waals surface area contributed by atoms with E-state index in [4.69, 9.17) is 4.74 Å². The van der Waals surface area contributed by atoms with Gasteiger partial charge >= 0.3 is 0 Å². The van der Waals surface area contributed by atoms with Gasteiger partial charge in [-0.1, -0.05) is 6.92 Å². The highest BCUT2D eigenvalue weighted by molar-refractivity contribution is 4.93. The van der Waals surface area contributed by atoms with E-state index in [-0.39, 0.29) is 0 Å². The van der Waals surface area contributed by atoms with E-state index in [1.807, 2.05) is 0 Å². The van der Waals surface area contributed by atoms with Gasteiger partial charge in [0.1, 0.15) is 6.23 Å². The molecule has 3 atom stereocenters. The van der Waals surface area contributed by atoms with Crippen LogP contribution in [0.15, 0.2) is 0 Å². The first-order valence-corrected chi connectivity index (χ1v) is 3.68. The summed E-state index contributed by atoms with van der Waals surface area (Å²) >= 11 is 0. The van der Waals surface area contributed by atoms with Crippen LogP contribution >= 0.6 is 0 Å². The zero-order valence-corrected chi connectivity index (χ0v) is 6.00. The van der Waals surface area contributed by atoms with E-state index in [0.717, 1.165) is 25.1 Å². The molecule has 9 heavy (non-hydrogen) atoms. The number of hydrogen-bond donors (Lipinski definition) is 0. The summed E-state index contributed by atoms with van der Waals surface area (Å²) in [5, 5.41) is 0. The molecule has 0 bridgehead atoms. The molecule has 2 fully saturated rings. The van der Waals surface area contributed by atoms with Crippen LogP contribution in [0, 0.1) is 5.92 Å². The lowest BCUT2D eigenvalue weighted by atomic mass is 9.90. The van der Waals surface area contributed by atoms with Crippen molar-refractivity contribution in [3.63, 3.8) is 0 Å². The van der Waals surface area contributed by atoms with Crippen LogP contribution in [0.3, 0.4) is 0 Å². The standard InChI is InChI=1S/C7H13NO/c1-5-6(2)8-3-4-9-7(5)8/h5-7H,3-4H2,1-2H3. The Morgan fingerprint density at radius 3 is 2.89 bits per heavy atom. The van der Waals surface area contributed by atoms with E-state index < -0.39 is 0 Å². The highest BCUT2D eigenvalue weighted by Gasteiger charge is 2.46. The second-order valence-electron chi connectivity index (χ2n) is 3.10. The molecule has 2 aliphatic heterocycles. The van der Waals surface area contributed by atoms with Crippen LogP contribution in [0.1, 0.15) is 13.8 Å². The van der Waals surface area contributed by atoms with Gasteiger partial charge in [-0.05, 0) is 6.92 Å². The van der Waals surface area contributed by atoms with E-state index in [9.17, 15) is 0 Å². The van der Waals surface area contributed by atoms with Crippen molar-refractivity contribution in [2.45, 2.75) is 26.1 Å². The molecule has 3 unspecified atom stereocenters. The average molecular weight is 127 g/mol. The lowest BCUT2D eigenvalue weighted by Gasteiger charge is -2.46. The van der Waals surface area contributed by atoms with Gasteiger partial charge in [-0.15, -0.1) is 0 Å². The summed E-state index contributed by atoms with van der Waals surface area (Å²) in [4.78, 5) is 2.42. The first-order chi connectivity index (χ1) is 4.30. The van der Waals surface area contributed by atoms with E-state index in [0.29, 0.717) is 6.23 Å². The van der Waals surface area contributed by atoms with Gasteiger partial charge in [0.2, 0.25) is 0 Å². The van der Waals surface area contributed by atoms with Crippen molar-refractivity contribution in [1.82, 2.24) is 4.90 Å². The average Bonchev–Trinajstić information content (AvgIpc) is 2.30. The third kappa shape index (κ3) is 0.578. The number of hydrogen-bond acceptors (Lipinski definition) is 2. The summed E-state index contributed by atoms with van der Waals surface area (Å²) in [6, 6.07) is 0.762. The molecule has 2 rings (SSSR count). The van der Waals surface area contributed by atoms with E-state index in [2.05, 4.69) is 18.7 Å². The molecule has 2 heterocycles. The molecule has 0 spiro atoms. The van der Waals surface area contributed by atoms with Gasteiger partial charge in [-0.25, -0.2) is 0 Å². The lowest BCUT2D eigenvalue weighted by molar-refractivity contribution is -0.125. The molecule has 0 radical (unpaired) electrons. The maximum Gasteiger partial charge on any atom is 0.115 e. The first kappa shape index (κ1) is 5.69. The monoisotopic (exact) mass is 127 g/mol. The smallest absolute Gasteiger partial charge is 0.115 e. The number of rotatable bonds is 0. The molecular weight excluding hydrogens is 114 g/mol. The van der Waals surface area contributed by atoms with Crippen molar-refractivity contribution in [3.8, 4) is 0 Å². The van der Waals surface area contributed by atoms with Crippen LogP contribution in [-0.2, 0) is 4.74 Å². The van der Waals surface area contributed by atoms with Gasteiger partial charge in [-0.3, -0.25) is 4.90 Å². The minimum Gasteiger partial charge on any atom is -0.361 e. The van der Waals surface area contributed by atoms with Gasteiger partial charge in [0, 0.05) is 18.5 Å². The van der Waals surface area contributed by atoms with Crippen LogP contribution in [0.25, 0.3) is 0 Å². The maximum absolute atomic E-state index is 5.46. The minimum absolute atomic E-state index is 0.472. The van der Waals surface area contributed by atoms with E-state index in [1.165, 1.54) is 0 Å². The van der Waals surface area contributed by atoms with Crippen LogP contribution in [0.2, 0.25) is 0 Å². The van der Waals surface area contributed by atoms with Crippen molar-refractivity contribution >= 4 is 0 Å². The predicted octanol–water partition coefficient (Wildman–Crippen LogP) is 0.683. The summed E-state index contributed by atoms with van der Waals surface area (Å²) in [7, 11) is 0. The van der Waals surface area contributed by atoms with E-state index >= 15 is 0 Å². The molecule has 0 amide bonds. The minimum atomic E-state index is 0.472. The molecule has 0 saturated carbocycles. The zero-order valence-electron chi connectivity index (χ0n) is 6.00. The SMILES string of the molecule is CC1C(C)N2CCOC12. The molecule has 0 aromatic heterocycles. The molecular formula is C7H13NO. The fourth-order valence-corrected chi connectivity index (χ4v) is 1.83. The Morgan fingerprint density at radius 2 is 2.22 bits per heavy atom. The van der Waals surface area contributed by atoms with Crippen molar-refractivity contribution in [2.75, 3.05) is 13.2 Å². The second kappa shape index (κ2) is 1.70. The fourth-order valence-electron chi connectivity index (χ4n) is 1.83. The van der Waals surface area contributed by atoms with Gasteiger partial charge in [-0.2, -0.15) is 0 Å². The molecule has 0 N–H and O–H groups in total. The summed E-state index contributed by atoms with van der Waals surface area (Å²) in [6.07, 6.45) is 0.472. The highest BCUT2D eigenvalue weighted by atomic mass is 16.5. The lowest BCUT2D eigenvalue weighted by Crippen LogP contribution is -2.58. The first-order valence-electron chi connectivity index (χ1n) is 3.68. The van der Waals surface area contributed by atoms with Crippen LogP contribution in [0.5, 0.6) is 0 Å². The van der Waals surface area contributed by atoms with Gasteiger partial charge in [0.05, 0.1) is 6.61 Å². The van der Waals surface area contributed by atoms with Gasteiger partial charge in [0.25, 0.3) is 0 Å². The van der Waals surface area contributed by atoms with Crippen molar-refractivity contribution in [2.24, 2.45) is 5.92 Å². The summed E-state index contributed by atoms with van der Waals surface area (Å²) in [5.41, 5.74) is 0. The summed E-state index contributed by atoms with van der Waals surface area (Å²) in [6.45, 7) is 6.63. The Bertz CT molecular complexity index is 112. The molecule has 2 aliphatic rings. The Hall–Kier alpha value is -0.0800. The molecule has 52 valence electrons. The predicted molar refractivity (Wildman–Crippen MR) is 35.1 cm³/mol. The van der Waals surface area contributed by atoms with Crippen LogP contribution in [-0.4, -0.2) is 30.3 Å². The van der Waals surface area contributed by atoms with Crippen molar-refractivity contribution < 1.29 is 4.74 Å². The number of ether oxygens (including phenoxy) is 1. The van der Waals surface area contributed by atoms with Gasteiger partial charge < -0.3 is 4.74 Å². The van der Waals surface area contributed by atoms with Crippen molar-refractivity contribution in [3.05, 3.63) is 0 Å². The molecule has 2 nitrogen and oxygen atoms in total. The Labute approximate surface area is 55.8 Å².